The zero-order valence-corrected chi connectivity index (χ0v) is 18.0. The largest absolute Gasteiger partial charge is 0.479 e. The Hall–Kier alpha value is -3.79. The van der Waals surface area contributed by atoms with Gasteiger partial charge in [0.2, 0.25) is 5.88 Å². The highest BCUT2D eigenvalue weighted by Gasteiger charge is 2.22. The zero-order chi connectivity index (χ0) is 22.2. The van der Waals surface area contributed by atoms with E-state index >= 15 is 0 Å². The van der Waals surface area contributed by atoms with Crippen molar-refractivity contribution in [1.29, 1.82) is 0 Å². The molecule has 32 heavy (non-hydrogen) atoms. The van der Waals surface area contributed by atoms with Gasteiger partial charge in [-0.25, -0.2) is 4.98 Å². The normalized spacial score (nSPS) is 16.5. The van der Waals surface area contributed by atoms with Crippen LogP contribution < -0.4 is 20.3 Å². The number of aromatic nitrogens is 4. The molecule has 4 heterocycles. The number of ether oxygens (including phenoxy) is 1. The summed E-state index contributed by atoms with van der Waals surface area (Å²) in [6.07, 6.45) is 3.24. The molecule has 1 aromatic carbocycles. The van der Waals surface area contributed by atoms with Crippen molar-refractivity contribution < 1.29 is 13.9 Å². The van der Waals surface area contributed by atoms with Gasteiger partial charge in [-0.1, -0.05) is 0 Å². The number of rotatable bonds is 4. The van der Waals surface area contributed by atoms with E-state index in [2.05, 4.69) is 42.4 Å². The molecular formula is C22H23N7O3. The SMILES string of the molecule is COc1nc(NC(=O)c2ccc(N3CCNC(C)C3)c3nccnc23)cc2oc(C)nc12. The van der Waals surface area contributed by atoms with Gasteiger partial charge in [0.25, 0.3) is 5.91 Å². The average molecular weight is 433 g/mol. The summed E-state index contributed by atoms with van der Waals surface area (Å²) in [5.41, 5.74) is 3.61. The van der Waals surface area contributed by atoms with Gasteiger partial charge < -0.3 is 24.7 Å². The quantitative estimate of drug-likeness (QED) is 0.500. The first-order valence-corrected chi connectivity index (χ1v) is 10.4. The number of carbonyl (C=O) groups is 1. The Morgan fingerprint density at radius 3 is 2.81 bits per heavy atom. The first-order chi connectivity index (χ1) is 15.5. The summed E-state index contributed by atoms with van der Waals surface area (Å²) in [6, 6.07) is 5.71. The average Bonchev–Trinajstić information content (AvgIpc) is 3.17. The molecule has 0 aliphatic carbocycles. The standard InChI is InChI=1S/C22H23N7O3/c1-12-11-29(9-8-23-12)15-5-4-14(18-19(15)25-7-6-24-18)21(30)27-17-10-16-20(22(28-17)31-3)26-13(2)32-16/h4-7,10,12,23H,8-9,11H2,1-3H3,(H,27,28,30). The van der Waals surface area contributed by atoms with Crippen molar-refractivity contribution in [2.24, 2.45) is 0 Å². The maximum atomic E-state index is 13.2. The molecule has 10 nitrogen and oxygen atoms in total. The zero-order valence-electron chi connectivity index (χ0n) is 18.0. The second kappa shape index (κ2) is 8.04. The number of carbonyl (C=O) groups excluding carboxylic acids is 1. The van der Waals surface area contributed by atoms with Gasteiger partial charge in [-0.05, 0) is 19.1 Å². The highest BCUT2D eigenvalue weighted by Crippen LogP contribution is 2.29. The molecule has 1 atom stereocenters. The van der Waals surface area contributed by atoms with Crippen LogP contribution in [-0.2, 0) is 0 Å². The van der Waals surface area contributed by atoms with E-state index in [0.717, 1.165) is 25.3 Å². The van der Waals surface area contributed by atoms with Crippen molar-refractivity contribution in [3.8, 4) is 5.88 Å². The maximum Gasteiger partial charge on any atom is 0.259 e. The Balaban J connectivity index is 1.50. The summed E-state index contributed by atoms with van der Waals surface area (Å²) in [5, 5.41) is 6.26. The fourth-order valence-corrected chi connectivity index (χ4v) is 4.03. The van der Waals surface area contributed by atoms with Crippen LogP contribution in [0.25, 0.3) is 22.1 Å². The highest BCUT2D eigenvalue weighted by atomic mass is 16.5. The number of amides is 1. The number of fused-ring (bicyclic) bond motifs is 2. The Morgan fingerprint density at radius 1 is 1.22 bits per heavy atom. The van der Waals surface area contributed by atoms with Gasteiger partial charge >= 0.3 is 0 Å². The van der Waals surface area contributed by atoms with Crippen LogP contribution in [0.3, 0.4) is 0 Å². The van der Waals surface area contributed by atoms with Crippen molar-refractivity contribution in [2.75, 3.05) is 37.0 Å². The molecular weight excluding hydrogens is 410 g/mol. The first kappa shape index (κ1) is 20.1. The summed E-state index contributed by atoms with van der Waals surface area (Å²) in [7, 11) is 1.50. The Morgan fingerprint density at radius 2 is 2.03 bits per heavy atom. The van der Waals surface area contributed by atoms with E-state index in [-0.39, 0.29) is 11.8 Å². The highest BCUT2D eigenvalue weighted by molar-refractivity contribution is 6.13. The van der Waals surface area contributed by atoms with Gasteiger partial charge in [-0.2, -0.15) is 4.98 Å². The van der Waals surface area contributed by atoms with Crippen molar-refractivity contribution in [2.45, 2.75) is 19.9 Å². The lowest BCUT2D eigenvalue weighted by molar-refractivity contribution is 0.102. The molecule has 0 radical (unpaired) electrons. The van der Waals surface area contributed by atoms with Gasteiger partial charge in [0.1, 0.15) is 16.9 Å². The van der Waals surface area contributed by atoms with E-state index in [1.165, 1.54) is 7.11 Å². The third-order valence-electron chi connectivity index (χ3n) is 5.45. The maximum absolute atomic E-state index is 13.2. The van der Waals surface area contributed by atoms with Crippen molar-refractivity contribution in [3.05, 3.63) is 42.0 Å². The van der Waals surface area contributed by atoms with Crippen LogP contribution in [0.1, 0.15) is 23.2 Å². The molecule has 0 bridgehead atoms. The molecule has 4 aromatic rings. The number of piperazine rings is 1. The Kier molecular flexibility index (Phi) is 5.06. The van der Waals surface area contributed by atoms with Crippen molar-refractivity contribution in [3.63, 3.8) is 0 Å². The summed E-state index contributed by atoms with van der Waals surface area (Å²) in [5.74, 6) is 0.721. The molecule has 1 aliphatic rings. The van der Waals surface area contributed by atoms with Crippen LogP contribution in [0.5, 0.6) is 5.88 Å². The summed E-state index contributed by atoms with van der Waals surface area (Å²) in [4.78, 5) is 33.1. The summed E-state index contributed by atoms with van der Waals surface area (Å²) < 4.78 is 10.9. The fraction of sp³-hybridized carbons (Fsp3) is 0.318. The molecule has 0 saturated carbocycles. The van der Waals surface area contributed by atoms with E-state index in [0.29, 0.717) is 45.4 Å². The van der Waals surface area contributed by atoms with Crippen molar-refractivity contribution >= 4 is 39.5 Å². The number of hydrogen-bond acceptors (Lipinski definition) is 9. The van der Waals surface area contributed by atoms with Gasteiger partial charge in [0.15, 0.2) is 17.0 Å². The van der Waals surface area contributed by atoms with E-state index < -0.39 is 0 Å². The number of pyridine rings is 1. The molecule has 1 unspecified atom stereocenters. The van der Waals surface area contributed by atoms with Crippen LogP contribution in [0.15, 0.2) is 35.0 Å². The summed E-state index contributed by atoms with van der Waals surface area (Å²) in [6.45, 7) is 6.50. The van der Waals surface area contributed by atoms with Gasteiger partial charge in [-0.15, -0.1) is 0 Å². The van der Waals surface area contributed by atoms with Gasteiger partial charge in [0, 0.05) is 51.1 Å². The number of aryl methyl sites for hydroxylation is 1. The third kappa shape index (κ3) is 3.58. The van der Waals surface area contributed by atoms with E-state index in [4.69, 9.17) is 9.15 Å². The predicted molar refractivity (Wildman–Crippen MR) is 120 cm³/mol. The molecule has 1 fully saturated rings. The minimum Gasteiger partial charge on any atom is -0.479 e. The molecule has 1 amide bonds. The molecule has 10 heteroatoms. The van der Waals surface area contributed by atoms with Crippen molar-refractivity contribution in [1.82, 2.24) is 25.3 Å². The lowest BCUT2D eigenvalue weighted by Gasteiger charge is -2.34. The van der Waals surface area contributed by atoms with Crippen LogP contribution in [0.2, 0.25) is 0 Å². The van der Waals surface area contributed by atoms with Gasteiger partial charge in [-0.3, -0.25) is 14.8 Å². The predicted octanol–water partition coefficient (Wildman–Crippen LogP) is 2.53. The Bertz CT molecular complexity index is 1320. The molecule has 3 aromatic heterocycles. The number of methoxy groups -OCH3 is 1. The molecule has 0 spiro atoms. The van der Waals surface area contributed by atoms with Crippen LogP contribution in [0.4, 0.5) is 11.5 Å². The number of hydrogen-bond donors (Lipinski definition) is 2. The van der Waals surface area contributed by atoms with Crippen LogP contribution in [0, 0.1) is 6.92 Å². The minimum absolute atomic E-state index is 0.280. The van der Waals surface area contributed by atoms with Gasteiger partial charge in [0.05, 0.1) is 18.4 Å². The monoisotopic (exact) mass is 433 g/mol. The number of oxazole rings is 1. The number of benzene rings is 1. The lowest BCUT2D eigenvalue weighted by Crippen LogP contribution is -2.49. The fourth-order valence-electron chi connectivity index (χ4n) is 4.03. The molecule has 164 valence electrons. The summed E-state index contributed by atoms with van der Waals surface area (Å²) >= 11 is 0. The number of nitrogens with one attached hydrogen (secondary N) is 2. The Labute approximate surface area is 184 Å². The van der Waals surface area contributed by atoms with E-state index in [1.54, 1.807) is 31.5 Å². The number of nitrogens with zero attached hydrogens (tertiary/aromatic N) is 5. The first-order valence-electron chi connectivity index (χ1n) is 10.4. The smallest absolute Gasteiger partial charge is 0.259 e. The molecule has 1 aliphatic heterocycles. The van der Waals surface area contributed by atoms with E-state index in [1.807, 2.05) is 6.07 Å². The van der Waals surface area contributed by atoms with Crippen LogP contribution >= 0.6 is 0 Å². The minimum atomic E-state index is -0.346. The van der Waals surface area contributed by atoms with Crippen LogP contribution in [-0.4, -0.2) is 58.6 Å². The molecule has 5 rings (SSSR count). The third-order valence-corrected chi connectivity index (χ3v) is 5.45. The number of anilines is 2. The molecule has 2 N–H and O–H groups in total. The lowest BCUT2D eigenvalue weighted by atomic mass is 10.1. The van der Waals surface area contributed by atoms with E-state index in [9.17, 15) is 4.79 Å². The molecule has 1 saturated heterocycles. The topological polar surface area (TPSA) is 118 Å². The second-order valence-corrected chi connectivity index (χ2v) is 7.74. The second-order valence-electron chi connectivity index (χ2n) is 7.74.